The summed E-state index contributed by atoms with van der Waals surface area (Å²) in [6.07, 6.45) is -0.690. The summed E-state index contributed by atoms with van der Waals surface area (Å²) < 4.78 is 53.0. The van der Waals surface area contributed by atoms with E-state index in [1.54, 1.807) is 0 Å². The zero-order valence-corrected chi connectivity index (χ0v) is 17.2. The van der Waals surface area contributed by atoms with E-state index in [0.29, 0.717) is 11.1 Å². The van der Waals surface area contributed by atoms with Crippen molar-refractivity contribution in [1.29, 1.82) is 0 Å². The zero-order valence-electron chi connectivity index (χ0n) is 17.2. The van der Waals surface area contributed by atoms with Crippen LogP contribution < -0.4 is 21.1 Å². The molecule has 164 valence electrons. The van der Waals surface area contributed by atoms with Crippen LogP contribution in [0.4, 0.5) is 18.0 Å². The van der Waals surface area contributed by atoms with E-state index in [-0.39, 0.29) is 30.1 Å². The number of nitrogens with one attached hydrogen (secondary N) is 1. The minimum absolute atomic E-state index is 0.00306. The molecule has 2 aromatic carbocycles. The van der Waals surface area contributed by atoms with Gasteiger partial charge < -0.3 is 14.8 Å². The lowest BCUT2D eigenvalue weighted by Crippen LogP contribution is -2.36. The molecular weight excluding hydrogens is 424 g/mol. The standard InChI is InChI=1S/C22H18BF3N2O4/c1-12-8-18(19(23)21(29)28(12)20-16(25)4-3-5-17(20)26)32-11-13-6-7-15(24)9-14(13)10-27-22(30)31-2/h3-9H,10-11H2,1-2H3,(H,27,30). The largest absolute Gasteiger partial charge is 0.489 e. The van der Waals surface area contributed by atoms with Crippen molar-refractivity contribution in [2.24, 2.45) is 0 Å². The average Bonchev–Trinajstić information content (AvgIpc) is 2.76. The monoisotopic (exact) mass is 442 g/mol. The maximum atomic E-state index is 14.2. The molecule has 1 heterocycles. The number of methoxy groups -OCH3 is 1. The van der Waals surface area contributed by atoms with Gasteiger partial charge in [-0.2, -0.15) is 0 Å². The van der Waals surface area contributed by atoms with E-state index in [0.717, 1.165) is 16.7 Å². The maximum absolute atomic E-state index is 14.2. The zero-order chi connectivity index (χ0) is 23.4. The number of alkyl carbamates (subject to hydrolysis) is 1. The number of carbonyl (C=O) groups excluding carboxylic acids is 1. The lowest BCUT2D eigenvalue weighted by molar-refractivity contribution is 0.170. The summed E-state index contributed by atoms with van der Waals surface area (Å²) in [5.41, 5.74) is -0.611. The van der Waals surface area contributed by atoms with Gasteiger partial charge in [0.05, 0.1) is 7.11 Å². The number of benzene rings is 2. The van der Waals surface area contributed by atoms with Gasteiger partial charge in [-0.1, -0.05) is 12.1 Å². The van der Waals surface area contributed by atoms with Gasteiger partial charge in [0.15, 0.2) is 0 Å². The van der Waals surface area contributed by atoms with Crippen LogP contribution in [0.5, 0.6) is 5.75 Å². The van der Waals surface area contributed by atoms with E-state index < -0.39 is 34.8 Å². The highest BCUT2D eigenvalue weighted by Crippen LogP contribution is 2.20. The van der Waals surface area contributed by atoms with Crippen LogP contribution >= 0.6 is 0 Å². The van der Waals surface area contributed by atoms with Crippen LogP contribution in [0.2, 0.25) is 0 Å². The minimum Gasteiger partial charge on any atom is -0.489 e. The molecule has 3 rings (SSSR count). The second-order valence-corrected chi connectivity index (χ2v) is 6.82. The van der Waals surface area contributed by atoms with E-state index in [2.05, 4.69) is 10.1 Å². The summed E-state index contributed by atoms with van der Waals surface area (Å²) in [6, 6.07) is 8.52. The van der Waals surface area contributed by atoms with Gasteiger partial charge in [0.25, 0.3) is 5.56 Å². The molecule has 2 radical (unpaired) electrons. The third kappa shape index (κ3) is 4.79. The molecule has 0 saturated heterocycles. The highest BCUT2D eigenvalue weighted by atomic mass is 19.1. The van der Waals surface area contributed by atoms with Crippen LogP contribution in [0.3, 0.4) is 0 Å². The van der Waals surface area contributed by atoms with Crippen LogP contribution in [0.1, 0.15) is 16.8 Å². The van der Waals surface area contributed by atoms with Gasteiger partial charge in [-0.15, -0.1) is 0 Å². The number of ether oxygens (including phenoxy) is 2. The molecule has 0 unspecified atom stereocenters. The number of hydrogen-bond donors (Lipinski definition) is 1. The smallest absolute Gasteiger partial charge is 0.407 e. The average molecular weight is 442 g/mol. The van der Waals surface area contributed by atoms with Gasteiger partial charge >= 0.3 is 6.09 Å². The molecule has 0 atom stereocenters. The molecule has 0 aliphatic rings. The van der Waals surface area contributed by atoms with Crippen molar-refractivity contribution in [2.45, 2.75) is 20.1 Å². The third-order valence-electron chi connectivity index (χ3n) is 4.71. The number of halogens is 3. The van der Waals surface area contributed by atoms with Crippen LogP contribution in [0.25, 0.3) is 5.69 Å². The Morgan fingerprint density at radius 3 is 2.44 bits per heavy atom. The fourth-order valence-corrected chi connectivity index (χ4v) is 3.11. The number of carbonyl (C=O) groups is 1. The van der Waals surface area contributed by atoms with Crippen molar-refractivity contribution in [1.82, 2.24) is 9.88 Å². The molecule has 3 aromatic rings. The topological polar surface area (TPSA) is 69.6 Å². The van der Waals surface area contributed by atoms with Crippen molar-refractivity contribution in [3.8, 4) is 11.4 Å². The summed E-state index contributed by atoms with van der Waals surface area (Å²) in [6.45, 7) is 1.34. The summed E-state index contributed by atoms with van der Waals surface area (Å²) in [7, 11) is 7.10. The van der Waals surface area contributed by atoms with Crippen molar-refractivity contribution < 1.29 is 27.4 Å². The second kappa shape index (κ2) is 9.63. The second-order valence-electron chi connectivity index (χ2n) is 6.82. The van der Waals surface area contributed by atoms with E-state index in [9.17, 15) is 22.8 Å². The van der Waals surface area contributed by atoms with Crippen molar-refractivity contribution in [2.75, 3.05) is 7.11 Å². The number of pyridine rings is 1. The summed E-state index contributed by atoms with van der Waals surface area (Å²) in [5, 5.41) is 2.45. The van der Waals surface area contributed by atoms with E-state index in [1.165, 1.54) is 44.4 Å². The lowest BCUT2D eigenvalue weighted by Gasteiger charge is -2.17. The number of aryl methyl sites for hydroxylation is 1. The molecule has 10 heteroatoms. The molecule has 1 amide bonds. The Bertz CT molecular complexity index is 1210. The number of amides is 1. The lowest BCUT2D eigenvalue weighted by atomic mass is 9.96. The molecule has 32 heavy (non-hydrogen) atoms. The fourth-order valence-electron chi connectivity index (χ4n) is 3.11. The predicted octanol–water partition coefficient (Wildman–Crippen LogP) is 2.79. The Morgan fingerprint density at radius 2 is 1.78 bits per heavy atom. The first-order valence-corrected chi connectivity index (χ1v) is 9.41. The SMILES string of the molecule is [B]c1c(OCc2ccc(F)cc2CNC(=O)OC)cc(C)n(-c2c(F)cccc2F)c1=O. The van der Waals surface area contributed by atoms with Crippen LogP contribution in [0.15, 0.2) is 47.3 Å². The predicted molar refractivity (Wildman–Crippen MR) is 112 cm³/mol. The van der Waals surface area contributed by atoms with Gasteiger partial charge in [0, 0.05) is 17.7 Å². The van der Waals surface area contributed by atoms with E-state index >= 15 is 0 Å². The molecule has 0 bridgehead atoms. The number of para-hydroxylation sites is 1. The van der Waals surface area contributed by atoms with Gasteiger partial charge in [0.1, 0.15) is 43.3 Å². The highest BCUT2D eigenvalue weighted by molar-refractivity contribution is 6.34. The van der Waals surface area contributed by atoms with E-state index in [1.807, 2.05) is 0 Å². The molecule has 0 saturated carbocycles. The quantitative estimate of drug-likeness (QED) is 0.597. The van der Waals surface area contributed by atoms with Gasteiger partial charge in [-0.3, -0.25) is 9.36 Å². The maximum Gasteiger partial charge on any atom is 0.407 e. The summed E-state index contributed by atoms with van der Waals surface area (Å²) in [4.78, 5) is 24.1. The first-order valence-electron chi connectivity index (χ1n) is 9.41. The Balaban J connectivity index is 1.91. The Hall–Kier alpha value is -3.69. The van der Waals surface area contributed by atoms with Crippen LogP contribution in [-0.2, 0) is 17.9 Å². The van der Waals surface area contributed by atoms with Crippen molar-refractivity contribution in [3.05, 3.63) is 87.1 Å². The van der Waals surface area contributed by atoms with Crippen molar-refractivity contribution >= 4 is 19.4 Å². The molecule has 0 fully saturated rings. The fraction of sp³-hybridized carbons (Fsp3) is 0.182. The van der Waals surface area contributed by atoms with Crippen molar-refractivity contribution in [3.63, 3.8) is 0 Å². The van der Waals surface area contributed by atoms with Gasteiger partial charge in [0.2, 0.25) is 0 Å². The number of aromatic nitrogens is 1. The summed E-state index contributed by atoms with van der Waals surface area (Å²) in [5.74, 6) is -2.35. The number of hydrogen-bond acceptors (Lipinski definition) is 4. The molecule has 1 N–H and O–H groups in total. The third-order valence-corrected chi connectivity index (χ3v) is 4.71. The highest BCUT2D eigenvalue weighted by Gasteiger charge is 2.18. The molecule has 1 aromatic heterocycles. The molecule has 0 aliphatic heterocycles. The molecule has 0 spiro atoms. The van der Waals surface area contributed by atoms with E-state index in [4.69, 9.17) is 12.6 Å². The first kappa shape index (κ1) is 23.0. The Labute approximate surface area is 183 Å². The normalized spacial score (nSPS) is 10.7. The van der Waals surface area contributed by atoms with Gasteiger partial charge in [-0.25, -0.2) is 18.0 Å². The Kier molecular flexibility index (Phi) is 6.92. The first-order chi connectivity index (χ1) is 15.2. The summed E-state index contributed by atoms with van der Waals surface area (Å²) >= 11 is 0. The Morgan fingerprint density at radius 1 is 1.09 bits per heavy atom. The molecular formula is C22H18BF3N2O4. The minimum atomic E-state index is -0.919. The number of nitrogens with zero attached hydrogens (tertiary/aromatic N) is 1. The number of rotatable bonds is 6. The van der Waals surface area contributed by atoms with Crippen LogP contribution in [0, 0.1) is 24.4 Å². The molecule has 6 nitrogen and oxygen atoms in total. The van der Waals surface area contributed by atoms with Crippen LogP contribution in [-0.4, -0.2) is 25.6 Å². The van der Waals surface area contributed by atoms with Gasteiger partial charge in [-0.05, 0) is 48.4 Å². The molecule has 0 aliphatic carbocycles.